The van der Waals surface area contributed by atoms with Gasteiger partial charge in [0.2, 0.25) is 0 Å². The fourth-order valence-electron chi connectivity index (χ4n) is 4.55. The maximum atomic E-state index is 11.7. The van der Waals surface area contributed by atoms with Gasteiger partial charge in [0, 0.05) is 18.8 Å². The summed E-state index contributed by atoms with van der Waals surface area (Å²) in [5, 5.41) is 0. The van der Waals surface area contributed by atoms with Gasteiger partial charge in [-0.1, -0.05) is 30.3 Å². The largest absolute Gasteiger partial charge is 0.377 e. The van der Waals surface area contributed by atoms with Crippen LogP contribution >= 0.6 is 0 Å². The summed E-state index contributed by atoms with van der Waals surface area (Å²) in [6.07, 6.45) is 7.80. The van der Waals surface area contributed by atoms with Gasteiger partial charge in [-0.05, 0) is 57.7 Å². The molecule has 2 fully saturated rings. The van der Waals surface area contributed by atoms with Crippen LogP contribution in [-0.4, -0.2) is 72.4 Å². The summed E-state index contributed by atoms with van der Waals surface area (Å²) in [7, 11) is 3.21. The molecule has 3 atom stereocenters. The summed E-state index contributed by atoms with van der Waals surface area (Å²) in [5.74, 6) is 0.680. The van der Waals surface area contributed by atoms with Crippen LogP contribution in [0, 0.1) is 0 Å². The highest BCUT2D eigenvalue weighted by Crippen LogP contribution is 2.34. The number of nitrogens with zero attached hydrogens (tertiary/aromatic N) is 2. The quantitative estimate of drug-likeness (QED) is 0.737. The Balaban J connectivity index is 1.50. The molecule has 27 heavy (non-hydrogen) atoms. The lowest BCUT2D eigenvalue weighted by Crippen LogP contribution is -2.48. The van der Waals surface area contributed by atoms with Gasteiger partial charge in [0.05, 0.1) is 36.4 Å². The van der Waals surface area contributed by atoms with Crippen molar-refractivity contribution in [3.63, 3.8) is 0 Å². The van der Waals surface area contributed by atoms with E-state index in [9.17, 15) is 4.21 Å². The second kappa shape index (κ2) is 10.1. The van der Waals surface area contributed by atoms with E-state index in [0.29, 0.717) is 18.1 Å². The molecule has 1 saturated heterocycles. The summed E-state index contributed by atoms with van der Waals surface area (Å²) >= 11 is 0. The molecule has 152 valence electrons. The molecule has 1 N–H and O–H groups in total. The highest BCUT2D eigenvalue weighted by Gasteiger charge is 2.35. The van der Waals surface area contributed by atoms with Crippen molar-refractivity contribution in [3.8, 4) is 0 Å². The molecule has 1 heterocycles. The number of benzene rings is 1. The molecule has 3 rings (SSSR count). The van der Waals surface area contributed by atoms with Crippen LogP contribution in [0.15, 0.2) is 30.3 Å². The van der Waals surface area contributed by atoms with E-state index in [0.717, 1.165) is 39.1 Å². The zero-order valence-electron chi connectivity index (χ0n) is 17.0. The molecule has 1 aromatic carbocycles. The molecule has 0 amide bonds. The molecule has 5 nitrogen and oxygen atoms in total. The van der Waals surface area contributed by atoms with Crippen LogP contribution in [0.1, 0.15) is 43.6 Å². The number of likely N-dealkylation sites (tertiary alicyclic amines) is 1. The summed E-state index contributed by atoms with van der Waals surface area (Å²) < 4.78 is 21.3. The third kappa shape index (κ3) is 6.09. The molecular weight excluding hydrogens is 358 g/mol. The summed E-state index contributed by atoms with van der Waals surface area (Å²) in [4.78, 5) is 4.66. The number of nitrogens with one attached hydrogen (secondary N) is 1. The van der Waals surface area contributed by atoms with Gasteiger partial charge in [0.1, 0.15) is 0 Å². The van der Waals surface area contributed by atoms with E-state index < -0.39 is 11.0 Å². The lowest BCUT2D eigenvalue weighted by Gasteiger charge is -2.33. The molecule has 2 aliphatic rings. The van der Waals surface area contributed by atoms with E-state index in [-0.39, 0.29) is 6.04 Å². The first-order valence-electron chi connectivity index (χ1n) is 10.2. The van der Waals surface area contributed by atoms with E-state index in [1.807, 2.05) is 0 Å². The molecule has 3 unspecified atom stereocenters. The molecule has 1 saturated carbocycles. The molecule has 1 aliphatic heterocycles. The smallest absolute Gasteiger partial charge is 0.0886 e. The first-order chi connectivity index (χ1) is 13.0. The second-order valence-corrected chi connectivity index (χ2v) is 9.43. The molecule has 0 spiro atoms. The van der Waals surface area contributed by atoms with Gasteiger partial charge in [-0.25, -0.2) is 8.93 Å². The average molecular weight is 394 g/mol. The zero-order chi connectivity index (χ0) is 19.2. The first kappa shape index (κ1) is 20.9. The average Bonchev–Trinajstić information content (AvgIpc) is 3.01. The third-order valence-electron chi connectivity index (χ3n) is 5.89. The highest BCUT2D eigenvalue weighted by molar-refractivity contribution is 7.82. The van der Waals surface area contributed by atoms with Crippen molar-refractivity contribution in [1.82, 2.24) is 14.5 Å². The van der Waals surface area contributed by atoms with Crippen LogP contribution in [0.25, 0.3) is 0 Å². The van der Waals surface area contributed by atoms with Crippen molar-refractivity contribution in [3.05, 3.63) is 35.9 Å². The van der Waals surface area contributed by atoms with E-state index >= 15 is 0 Å². The Labute approximate surface area is 167 Å². The molecular formula is C21H35N3O2S. The van der Waals surface area contributed by atoms with Crippen molar-refractivity contribution >= 4 is 11.0 Å². The predicted octanol–water partition coefficient (Wildman–Crippen LogP) is 2.57. The van der Waals surface area contributed by atoms with Gasteiger partial charge in [0.25, 0.3) is 0 Å². The van der Waals surface area contributed by atoms with Crippen LogP contribution in [0.4, 0.5) is 0 Å². The van der Waals surface area contributed by atoms with Crippen molar-refractivity contribution in [1.29, 1.82) is 0 Å². The van der Waals surface area contributed by atoms with E-state index in [4.69, 9.17) is 4.74 Å². The molecule has 1 aliphatic carbocycles. The van der Waals surface area contributed by atoms with Crippen LogP contribution < -0.4 is 4.72 Å². The lowest BCUT2D eigenvalue weighted by molar-refractivity contribution is -0.0121. The van der Waals surface area contributed by atoms with Gasteiger partial charge in [-0.3, -0.25) is 9.80 Å². The van der Waals surface area contributed by atoms with Crippen LogP contribution in [0.3, 0.4) is 0 Å². The molecule has 0 aromatic heterocycles. The number of ether oxygens (including phenoxy) is 1. The predicted molar refractivity (Wildman–Crippen MR) is 112 cm³/mol. The van der Waals surface area contributed by atoms with Crippen molar-refractivity contribution < 1.29 is 8.95 Å². The number of hydrogen-bond acceptors (Lipinski definition) is 4. The van der Waals surface area contributed by atoms with Crippen LogP contribution in [-0.2, 0) is 15.7 Å². The van der Waals surface area contributed by atoms with Gasteiger partial charge >= 0.3 is 0 Å². The molecule has 6 heteroatoms. The molecule has 1 aromatic rings. The standard InChI is InChI=1S/C21H35N3O2S/c1-23(2)16-24-14-13-20(22-27(3)25)21(24)15-26-19-11-9-18(10-12-19)17-7-5-4-6-8-17/h4-8,18-22H,9-16H2,1-3H3. The normalized spacial score (nSPS) is 30.7. The van der Waals surface area contributed by atoms with Gasteiger partial charge in [-0.15, -0.1) is 0 Å². The molecule has 0 radical (unpaired) electrons. The third-order valence-corrected chi connectivity index (χ3v) is 6.53. The van der Waals surface area contributed by atoms with E-state index in [1.165, 1.54) is 18.4 Å². The van der Waals surface area contributed by atoms with Crippen LogP contribution in [0.2, 0.25) is 0 Å². The van der Waals surface area contributed by atoms with Crippen molar-refractivity contribution in [2.24, 2.45) is 0 Å². The SMILES string of the molecule is CN(C)CN1CCC(NS(C)=O)C1COC1CCC(c2ccccc2)CC1. The maximum Gasteiger partial charge on any atom is 0.0886 e. The molecule has 0 bridgehead atoms. The Bertz CT molecular complexity index is 590. The minimum atomic E-state index is -0.984. The second-order valence-electron chi connectivity index (χ2n) is 8.29. The zero-order valence-corrected chi connectivity index (χ0v) is 17.8. The fraction of sp³-hybridized carbons (Fsp3) is 0.714. The van der Waals surface area contributed by atoms with Gasteiger partial charge in [-0.2, -0.15) is 0 Å². The Kier molecular flexibility index (Phi) is 7.85. The van der Waals surface area contributed by atoms with Gasteiger partial charge in [0.15, 0.2) is 0 Å². The number of hydrogen-bond donors (Lipinski definition) is 1. The Hall–Kier alpha value is -0.790. The van der Waals surface area contributed by atoms with Gasteiger partial charge < -0.3 is 4.74 Å². The van der Waals surface area contributed by atoms with Crippen LogP contribution in [0.5, 0.6) is 0 Å². The Morgan fingerprint density at radius 2 is 1.85 bits per heavy atom. The highest BCUT2D eigenvalue weighted by atomic mass is 32.2. The fourth-order valence-corrected chi connectivity index (χ4v) is 5.25. The minimum absolute atomic E-state index is 0.247. The maximum absolute atomic E-state index is 11.7. The van der Waals surface area contributed by atoms with Crippen molar-refractivity contribution in [2.75, 3.05) is 40.2 Å². The summed E-state index contributed by atoms with van der Waals surface area (Å²) in [6.45, 7) is 2.68. The summed E-state index contributed by atoms with van der Waals surface area (Å²) in [5.41, 5.74) is 1.47. The monoisotopic (exact) mass is 393 g/mol. The van der Waals surface area contributed by atoms with Crippen molar-refractivity contribution in [2.45, 2.75) is 56.2 Å². The minimum Gasteiger partial charge on any atom is -0.377 e. The Morgan fingerprint density at radius 1 is 1.15 bits per heavy atom. The lowest BCUT2D eigenvalue weighted by atomic mass is 9.83. The summed E-state index contributed by atoms with van der Waals surface area (Å²) in [6, 6.07) is 11.4. The Morgan fingerprint density at radius 3 is 2.48 bits per heavy atom. The number of rotatable bonds is 8. The van der Waals surface area contributed by atoms with E-state index in [1.54, 1.807) is 6.26 Å². The topological polar surface area (TPSA) is 44.8 Å². The first-order valence-corrected chi connectivity index (χ1v) is 11.7. The van der Waals surface area contributed by atoms with E-state index in [2.05, 4.69) is 58.9 Å².